The molecule has 0 saturated carbocycles. The number of β-amino-alcohol motifs (C(OH)–C–C–N with tert-alkyl or cyclic N) is 1. The molecule has 4 N–H and O–H groups in total. The molecular formula is C4H10N2O. The number of hydrogen-bond acceptors (Lipinski definition) is 3. The monoisotopic (exact) mass is 102 g/mol. The Morgan fingerprint density at radius 3 is 2.43 bits per heavy atom. The lowest BCUT2D eigenvalue weighted by Crippen LogP contribution is -2.32. The van der Waals surface area contributed by atoms with Gasteiger partial charge in [0.2, 0.25) is 0 Å². The summed E-state index contributed by atoms with van der Waals surface area (Å²) in [6.07, 6.45) is -0.319. The molecule has 0 aliphatic carbocycles. The van der Waals surface area contributed by atoms with E-state index in [0.29, 0.717) is 6.54 Å². The van der Waals surface area contributed by atoms with Crippen molar-refractivity contribution in [1.29, 1.82) is 0 Å². The zero-order valence-electron chi connectivity index (χ0n) is 4.09. The molecule has 7 heavy (non-hydrogen) atoms. The van der Waals surface area contributed by atoms with E-state index < -0.39 is 0 Å². The second-order valence-electron chi connectivity index (χ2n) is 1.89. The van der Waals surface area contributed by atoms with Crippen LogP contribution in [-0.2, 0) is 0 Å². The summed E-state index contributed by atoms with van der Waals surface area (Å²) >= 11 is 0. The largest absolute Gasteiger partial charge is 0.390 e. The van der Waals surface area contributed by atoms with E-state index in [1.807, 2.05) is 0 Å². The van der Waals surface area contributed by atoms with E-state index in [1.54, 1.807) is 0 Å². The first-order valence-corrected chi connectivity index (χ1v) is 2.45. The Morgan fingerprint density at radius 1 is 1.57 bits per heavy atom. The molecule has 1 fully saturated rings. The van der Waals surface area contributed by atoms with E-state index in [0.717, 1.165) is 6.54 Å². The molecule has 1 aliphatic heterocycles. The molecule has 0 unspecified atom stereocenters. The van der Waals surface area contributed by atoms with E-state index >= 15 is 0 Å². The molecule has 0 bridgehead atoms. The summed E-state index contributed by atoms with van der Waals surface area (Å²) in [5.74, 6) is 0. The maximum Gasteiger partial charge on any atom is 0.0827 e. The maximum atomic E-state index is 8.81. The first-order chi connectivity index (χ1) is 3.30. The van der Waals surface area contributed by atoms with Gasteiger partial charge in [-0.3, -0.25) is 0 Å². The first kappa shape index (κ1) is 5.03. The summed E-state index contributed by atoms with van der Waals surface area (Å²) in [6.45, 7) is 1.41. The van der Waals surface area contributed by atoms with Crippen molar-refractivity contribution < 1.29 is 5.11 Å². The standard InChI is InChI=1S/C4H10N2O/c5-3-1-6-2-4(3)7/h3-4,6-7H,1-2,5H2/t3-,4+/m0/s1. The molecule has 0 aromatic carbocycles. The Morgan fingerprint density at radius 2 is 2.29 bits per heavy atom. The van der Waals surface area contributed by atoms with Crippen LogP contribution >= 0.6 is 0 Å². The third kappa shape index (κ3) is 0.907. The van der Waals surface area contributed by atoms with E-state index in [-0.39, 0.29) is 12.1 Å². The number of hydrogen-bond donors (Lipinski definition) is 3. The third-order valence-corrected chi connectivity index (χ3v) is 1.23. The molecule has 2 atom stereocenters. The van der Waals surface area contributed by atoms with Crippen LogP contribution in [0.3, 0.4) is 0 Å². The van der Waals surface area contributed by atoms with Crippen LogP contribution in [0.15, 0.2) is 0 Å². The fourth-order valence-corrected chi connectivity index (χ4v) is 0.685. The van der Waals surface area contributed by atoms with Gasteiger partial charge in [0.15, 0.2) is 0 Å². The van der Waals surface area contributed by atoms with Crippen LogP contribution in [0.25, 0.3) is 0 Å². The van der Waals surface area contributed by atoms with Crippen LogP contribution in [0, 0.1) is 0 Å². The van der Waals surface area contributed by atoms with Crippen molar-refractivity contribution in [3.63, 3.8) is 0 Å². The van der Waals surface area contributed by atoms with Gasteiger partial charge < -0.3 is 16.2 Å². The highest BCUT2D eigenvalue weighted by Crippen LogP contribution is 1.93. The Bertz CT molecular complexity index is 58.7. The van der Waals surface area contributed by atoms with Gasteiger partial charge in [0.05, 0.1) is 6.10 Å². The van der Waals surface area contributed by atoms with Crippen LogP contribution in [0.4, 0.5) is 0 Å². The lowest BCUT2D eigenvalue weighted by molar-refractivity contribution is 0.179. The summed E-state index contributed by atoms with van der Waals surface area (Å²) in [7, 11) is 0. The lowest BCUT2D eigenvalue weighted by atomic mass is 10.2. The molecule has 3 nitrogen and oxygen atoms in total. The van der Waals surface area contributed by atoms with Gasteiger partial charge in [-0.1, -0.05) is 0 Å². The van der Waals surface area contributed by atoms with Gasteiger partial charge in [0.25, 0.3) is 0 Å². The van der Waals surface area contributed by atoms with Gasteiger partial charge in [-0.25, -0.2) is 0 Å². The second kappa shape index (κ2) is 1.78. The fourth-order valence-electron chi connectivity index (χ4n) is 0.685. The molecule has 42 valence electrons. The van der Waals surface area contributed by atoms with Crippen molar-refractivity contribution in [2.24, 2.45) is 5.73 Å². The zero-order valence-corrected chi connectivity index (χ0v) is 4.09. The van der Waals surface area contributed by atoms with Crippen molar-refractivity contribution in [2.45, 2.75) is 12.1 Å². The Kier molecular flexibility index (Phi) is 1.27. The van der Waals surface area contributed by atoms with Gasteiger partial charge in [0.1, 0.15) is 0 Å². The number of rotatable bonds is 0. The third-order valence-electron chi connectivity index (χ3n) is 1.23. The predicted octanol–water partition coefficient (Wildman–Crippen LogP) is -1.72. The second-order valence-corrected chi connectivity index (χ2v) is 1.89. The number of nitrogens with one attached hydrogen (secondary N) is 1. The van der Waals surface area contributed by atoms with E-state index in [4.69, 9.17) is 10.8 Å². The molecule has 1 heterocycles. The minimum Gasteiger partial charge on any atom is -0.390 e. The summed E-state index contributed by atoms with van der Waals surface area (Å²) in [5.41, 5.74) is 5.37. The minimum absolute atomic E-state index is 0.0417. The summed E-state index contributed by atoms with van der Waals surface area (Å²) in [6, 6.07) is -0.0417. The van der Waals surface area contributed by atoms with Crippen molar-refractivity contribution in [1.82, 2.24) is 5.32 Å². The molecule has 0 radical (unpaired) electrons. The molecule has 1 rings (SSSR count). The Balaban J connectivity index is 2.33. The fraction of sp³-hybridized carbons (Fsp3) is 1.00. The van der Waals surface area contributed by atoms with E-state index in [1.165, 1.54) is 0 Å². The summed E-state index contributed by atoms with van der Waals surface area (Å²) < 4.78 is 0. The van der Waals surface area contributed by atoms with Crippen molar-refractivity contribution in [3.05, 3.63) is 0 Å². The van der Waals surface area contributed by atoms with Gasteiger partial charge in [-0.2, -0.15) is 0 Å². The molecule has 1 aliphatic rings. The van der Waals surface area contributed by atoms with E-state index in [2.05, 4.69) is 5.32 Å². The number of nitrogens with two attached hydrogens (primary N) is 1. The number of aliphatic hydroxyl groups excluding tert-OH is 1. The first-order valence-electron chi connectivity index (χ1n) is 2.45. The predicted molar refractivity (Wildman–Crippen MR) is 26.9 cm³/mol. The van der Waals surface area contributed by atoms with Crippen molar-refractivity contribution in [2.75, 3.05) is 13.1 Å². The quantitative estimate of drug-likeness (QED) is 0.341. The topological polar surface area (TPSA) is 58.3 Å². The molecule has 0 amide bonds. The SMILES string of the molecule is N[C@H]1CNC[C@H]1O. The summed E-state index contributed by atoms with van der Waals surface area (Å²) in [5, 5.41) is 11.8. The van der Waals surface area contributed by atoms with Crippen LogP contribution in [0.5, 0.6) is 0 Å². The van der Waals surface area contributed by atoms with Gasteiger partial charge in [0, 0.05) is 19.1 Å². The number of aliphatic hydroxyl groups is 1. The van der Waals surface area contributed by atoms with Crippen LogP contribution in [0.2, 0.25) is 0 Å². The minimum atomic E-state index is -0.319. The average molecular weight is 102 g/mol. The van der Waals surface area contributed by atoms with Crippen LogP contribution in [-0.4, -0.2) is 30.3 Å². The lowest BCUT2D eigenvalue weighted by Gasteiger charge is -2.02. The highest BCUT2D eigenvalue weighted by Gasteiger charge is 2.19. The average Bonchev–Trinajstić information content (AvgIpc) is 1.91. The normalized spacial score (nSPS) is 42.0. The Hall–Kier alpha value is -0.120. The van der Waals surface area contributed by atoms with Crippen LogP contribution in [0.1, 0.15) is 0 Å². The maximum absolute atomic E-state index is 8.81. The van der Waals surface area contributed by atoms with E-state index in [9.17, 15) is 0 Å². The van der Waals surface area contributed by atoms with Crippen molar-refractivity contribution in [3.8, 4) is 0 Å². The smallest absolute Gasteiger partial charge is 0.0827 e. The molecular weight excluding hydrogens is 92.1 g/mol. The Labute approximate surface area is 42.5 Å². The van der Waals surface area contributed by atoms with Crippen molar-refractivity contribution >= 4 is 0 Å². The molecule has 1 saturated heterocycles. The van der Waals surface area contributed by atoms with Crippen LogP contribution < -0.4 is 11.1 Å². The highest BCUT2D eigenvalue weighted by molar-refractivity contribution is 4.82. The van der Waals surface area contributed by atoms with Gasteiger partial charge in [-0.15, -0.1) is 0 Å². The molecule has 0 aromatic heterocycles. The highest BCUT2D eigenvalue weighted by atomic mass is 16.3. The summed E-state index contributed by atoms with van der Waals surface area (Å²) in [4.78, 5) is 0. The molecule has 3 heteroatoms. The van der Waals surface area contributed by atoms with Gasteiger partial charge in [-0.05, 0) is 0 Å². The zero-order chi connectivity index (χ0) is 5.28. The molecule has 0 spiro atoms. The van der Waals surface area contributed by atoms with Gasteiger partial charge >= 0.3 is 0 Å². The molecule has 0 aromatic rings.